The number of carbonyl (C=O) groups is 1. The summed E-state index contributed by atoms with van der Waals surface area (Å²) in [6.07, 6.45) is 3.07. The van der Waals surface area contributed by atoms with Crippen LogP contribution < -0.4 is 0 Å². The molecule has 19 heavy (non-hydrogen) atoms. The molecule has 0 spiro atoms. The van der Waals surface area contributed by atoms with E-state index in [-0.39, 0.29) is 5.76 Å². The van der Waals surface area contributed by atoms with Crippen LogP contribution in [0.1, 0.15) is 10.6 Å². The van der Waals surface area contributed by atoms with Crippen LogP contribution in [0.3, 0.4) is 0 Å². The molecular weight excluding hydrogens is 248 g/mol. The van der Waals surface area contributed by atoms with Gasteiger partial charge in [0.1, 0.15) is 12.0 Å². The molecule has 0 aliphatic heterocycles. The molecule has 2 heterocycles. The number of carboxylic acids is 1. The van der Waals surface area contributed by atoms with E-state index in [9.17, 15) is 4.79 Å². The Morgan fingerprint density at radius 2 is 1.89 bits per heavy atom. The van der Waals surface area contributed by atoms with Crippen molar-refractivity contribution >= 4 is 5.97 Å². The first-order valence-electron chi connectivity index (χ1n) is 5.44. The molecule has 1 N–H and O–H groups in total. The van der Waals surface area contributed by atoms with Gasteiger partial charge in [-0.25, -0.2) is 9.78 Å². The van der Waals surface area contributed by atoms with Gasteiger partial charge in [-0.1, -0.05) is 17.3 Å². The lowest BCUT2D eigenvalue weighted by atomic mass is 10.1. The molecule has 6 nitrogen and oxygen atoms in total. The lowest BCUT2D eigenvalue weighted by molar-refractivity contribution is 0.0652. The van der Waals surface area contributed by atoms with Crippen LogP contribution in [0.25, 0.3) is 22.7 Å². The Morgan fingerprint density at radius 1 is 1.16 bits per heavy atom. The smallest absolute Gasteiger partial charge is 0.374 e. The molecule has 94 valence electrons. The van der Waals surface area contributed by atoms with Gasteiger partial charge in [0.05, 0.1) is 6.20 Å². The van der Waals surface area contributed by atoms with E-state index in [0.717, 1.165) is 11.1 Å². The minimum absolute atomic E-state index is 0.188. The predicted molar refractivity (Wildman–Crippen MR) is 64.4 cm³/mol. The largest absolute Gasteiger partial charge is 0.475 e. The fourth-order valence-electron chi connectivity index (χ4n) is 1.66. The number of oxazole rings is 1. The van der Waals surface area contributed by atoms with E-state index in [0.29, 0.717) is 11.6 Å². The molecule has 0 bridgehead atoms. The highest BCUT2D eigenvalue weighted by Gasteiger charge is 2.12. The quantitative estimate of drug-likeness (QED) is 0.774. The number of hydrogen-bond acceptors (Lipinski definition) is 5. The Labute approximate surface area is 107 Å². The standard InChI is InChI=1S/C13H8N2O4/c16-13(17)11-7-10(15-19-11)8-1-3-9(4-2-8)12-14-5-6-18-12/h1-7H,(H,16,17). The van der Waals surface area contributed by atoms with E-state index in [4.69, 9.17) is 14.0 Å². The van der Waals surface area contributed by atoms with Gasteiger partial charge in [-0.2, -0.15) is 0 Å². The van der Waals surface area contributed by atoms with Crippen LogP contribution in [-0.4, -0.2) is 21.2 Å². The summed E-state index contributed by atoms with van der Waals surface area (Å²) >= 11 is 0. The summed E-state index contributed by atoms with van der Waals surface area (Å²) < 4.78 is 9.88. The van der Waals surface area contributed by atoms with Gasteiger partial charge in [0.2, 0.25) is 11.7 Å². The van der Waals surface area contributed by atoms with E-state index >= 15 is 0 Å². The molecule has 0 saturated carbocycles. The highest BCUT2D eigenvalue weighted by molar-refractivity contribution is 5.85. The minimum atomic E-state index is -1.14. The first kappa shape index (κ1) is 11.2. The van der Waals surface area contributed by atoms with Crippen LogP contribution in [0.5, 0.6) is 0 Å². The number of carboxylic acid groups (broad SMARTS) is 1. The molecule has 0 atom stereocenters. The van der Waals surface area contributed by atoms with Crippen molar-refractivity contribution in [3.63, 3.8) is 0 Å². The van der Waals surface area contributed by atoms with Gasteiger partial charge >= 0.3 is 5.97 Å². The molecule has 6 heteroatoms. The van der Waals surface area contributed by atoms with E-state index in [2.05, 4.69) is 10.1 Å². The Hall–Kier alpha value is -2.89. The third-order valence-corrected chi connectivity index (χ3v) is 2.58. The molecule has 0 radical (unpaired) electrons. The molecule has 0 unspecified atom stereocenters. The number of benzene rings is 1. The second-order valence-corrected chi connectivity index (χ2v) is 3.80. The van der Waals surface area contributed by atoms with E-state index in [1.165, 1.54) is 12.3 Å². The highest BCUT2D eigenvalue weighted by atomic mass is 16.5. The topological polar surface area (TPSA) is 89.4 Å². The van der Waals surface area contributed by atoms with Crippen LogP contribution in [0.15, 0.2) is 51.7 Å². The lowest BCUT2D eigenvalue weighted by Gasteiger charge is -1.97. The van der Waals surface area contributed by atoms with Crippen LogP contribution in [0.4, 0.5) is 0 Å². The number of aromatic carboxylic acids is 1. The number of hydrogen-bond donors (Lipinski definition) is 1. The summed E-state index contributed by atoms with van der Waals surface area (Å²) in [5, 5.41) is 12.5. The van der Waals surface area contributed by atoms with Crippen molar-refractivity contribution in [3.8, 4) is 22.7 Å². The normalized spacial score (nSPS) is 10.5. The maximum atomic E-state index is 10.7. The summed E-state index contributed by atoms with van der Waals surface area (Å²) in [4.78, 5) is 14.7. The van der Waals surface area contributed by atoms with E-state index in [1.807, 2.05) is 12.1 Å². The van der Waals surface area contributed by atoms with Gasteiger partial charge in [-0.15, -0.1) is 0 Å². The second-order valence-electron chi connectivity index (χ2n) is 3.80. The maximum Gasteiger partial charge on any atom is 0.374 e. The number of nitrogens with zero attached hydrogens (tertiary/aromatic N) is 2. The van der Waals surface area contributed by atoms with Crippen molar-refractivity contribution < 1.29 is 18.8 Å². The molecule has 0 aliphatic rings. The first-order chi connectivity index (χ1) is 9.24. The fourth-order valence-corrected chi connectivity index (χ4v) is 1.66. The Kier molecular flexibility index (Phi) is 2.60. The molecule has 0 saturated heterocycles. The predicted octanol–water partition coefficient (Wildman–Crippen LogP) is 2.69. The summed E-state index contributed by atoms with van der Waals surface area (Å²) in [6.45, 7) is 0. The van der Waals surface area contributed by atoms with Gasteiger partial charge < -0.3 is 14.0 Å². The van der Waals surface area contributed by atoms with Crippen molar-refractivity contribution in [2.24, 2.45) is 0 Å². The molecule has 3 aromatic rings. The molecular formula is C13H8N2O4. The third kappa shape index (κ3) is 2.11. The average Bonchev–Trinajstić information content (AvgIpc) is 3.11. The summed E-state index contributed by atoms with van der Waals surface area (Å²) in [5.74, 6) is -0.806. The van der Waals surface area contributed by atoms with Crippen molar-refractivity contribution in [1.29, 1.82) is 0 Å². The second kappa shape index (κ2) is 4.41. The third-order valence-electron chi connectivity index (χ3n) is 2.58. The lowest BCUT2D eigenvalue weighted by Crippen LogP contribution is -1.91. The van der Waals surface area contributed by atoms with Crippen molar-refractivity contribution in [3.05, 3.63) is 48.6 Å². The fraction of sp³-hybridized carbons (Fsp3) is 0. The summed E-state index contributed by atoms with van der Waals surface area (Å²) in [5.41, 5.74) is 2.05. The number of rotatable bonds is 3. The van der Waals surface area contributed by atoms with Crippen molar-refractivity contribution in [2.45, 2.75) is 0 Å². The maximum absolute atomic E-state index is 10.7. The molecule has 1 aromatic carbocycles. The average molecular weight is 256 g/mol. The Bertz CT molecular complexity index is 699. The zero-order valence-electron chi connectivity index (χ0n) is 9.61. The molecule has 3 rings (SSSR count). The minimum Gasteiger partial charge on any atom is -0.475 e. The summed E-state index contributed by atoms with van der Waals surface area (Å²) in [7, 11) is 0. The van der Waals surface area contributed by atoms with Crippen LogP contribution in [-0.2, 0) is 0 Å². The summed E-state index contributed by atoms with van der Waals surface area (Å²) in [6, 6.07) is 8.60. The van der Waals surface area contributed by atoms with E-state index < -0.39 is 5.97 Å². The van der Waals surface area contributed by atoms with Crippen LogP contribution in [0.2, 0.25) is 0 Å². The molecule has 0 amide bonds. The van der Waals surface area contributed by atoms with Crippen molar-refractivity contribution in [2.75, 3.05) is 0 Å². The molecule has 0 fully saturated rings. The highest BCUT2D eigenvalue weighted by Crippen LogP contribution is 2.23. The van der Waals surface area contributed by atoms with E-state index in [1.54, 1.807) is 18.3 Å². The zero-order valence-corrected chi connectivity index (χ0v) is 9.61. The zero-order chi connectivity index (χ0) is 13.2. The van der Waals surface area contributed by atoms with Crippen LogP contribution >= 0.6 is 0 Å². The van der Waals surface area contributed by atoms with Gasteiger partial charge in [0.15, 0.2) is 0 Å². The SMILES string of the molecule is O=C(O)c1cc(-c2ccc(-c3ncco3)cc2)no1. The van der Waals surface area contributed by atoms with Crippen LogP contribution in [0, 0.1) is 0 Å². The van der Waals surface area contributed by atoms with Gasteiger partial charge in [-0.05, 0) is 12.1 Å². The van der Waals surface area contributed by atoms with Gasteiger partial charge in [0.25, 0.3) is 0 Å². The van der Waals surface area contributed by atoms with Crippen molar-refractivity contribution in [1.82, 2.24) is 10.1 Å². The monoisotopic (exact) mass is 256 g/mol. The van der Waals surface area contributed by atoms with Gasteiger partial charge in [0, 0.05) is 17.2 Å². The molecule has 2 aromatic heterocycles. The first-order valence-corrected chi connectivity index (χ1v) is 5.44. The Morgan fingerprint density at radius 3 is 2.47 bits per heavy atom. The number of aromatic nitrogens is 2. The Balaban J connectivity index is 1.91. The van der Waals surface area contributed by atoms with Gasteiger partial charge in [-0.3, -0.25) is 0 Å². The molecule has 0 aliphatic carbocycles.